The van der Waals surface area contributed by atoms with Gasteiger partial charge in [0.25, 0.3) is 5.91 Å². The SMILES string of the molecule is CN(CCc1ccncc1)c1ccc(C(=O)NCc2cccnc2)nc1. The van der Waals surface area contributed by atoms with Gasteiger partial charge < -0.3 is 10.2 Å². The Morgan fingerprint density at radius 2 is 1.85 bits per heavy atom. The smallest absolute Gasteiger partial charge is 0.270 e. The van der Waals surface area contributed by atoms with E-state index in [9.17, 15) is 4.79 Å². The number of pyridine rings is 3. The van der Waals surface area contributed by atoms with Crippen molar-refractivity contribution in [3.8, 4) is 0 Å². The summed E-state index contributed by atoms with van der Waals surface area (Å²) >= 11 is 0. The highest BCUT2D eigenvalue weighted by Crippen LogP contribution is 2.12. The van der Waals surface area contributed by atoms with Gasteiger partial charge in [-0.15, -0.1) is 0 Å². The van der Waals surface area contributed by atoms with Crippen molar-refractivity contribution >= 4 is 11.6 Å². The molecule has 0 bridgehead atoms. The molecule has 0 saturated heterocycles. The van der Waals surface area contributed by atoms with Crippen LogP contribution in [0.2, 0.25) is 0 Å². The van der Waals surface area contributed by atoms with Crippen LogP contribution in [0.5, 0.6) is 0 Å². The molecule has 0 aliphatic carbocycles. The van der Waals surface area contributed by atoms with Gasteiger partial charge in [-0.2, -0.15) is 0 Å². The van der Waals surface area contributed by atoms with Crippen LogP contribution < -0.4 is 10.2 Å². The lowest BCUT2D eigenvalue weighted by Crippen LogP contribution is -2.24. The third-order valence-corrected chi connectivity index (χ3v) is 4.08. The number of rotatable bonds is 7. The molecule has 132 valence electrons. The highest BCUT2D eigenvalue weighted by atomic mass is 16.1. The molecular weight excluding hydrogens is 326 g/mol. The number of carbonyl (C=O) groups is 1. The standard InChI is InChI=1S/C20H21N5O/c1-25(12-8-16-6-10-21-11-7-16)18-4-5-19(23-15-18)20(26)24-14-17-3-2-9-22-13-17/h2-7,9-11,13,15H,8,12,14H2,1H3,(H,24,26). The average molecular weight is 347 g/mol. The Bertz CT molecular complexity index is 822. The normalized spacial score (nSPS) is 10.3. The fourth-order valence-corrected chi connectivity index (χ4v) is 2.50. The molecule has 0 saturated carbocycles. The fraction of sp³-hybridized carbons (Fsp3) is 0.200. The molecule has 0 atom stereocenters. The van der Waals surface area contributed by atoms with Crippen LogP contribution in [-0.4, -0.2) is 34.5 Å². The second-order valence-corrected chi connectivity index (χ2v) is 5.97. The maximum absolute atomic E-state index is 12.2. The lowest BCUT2D eigenvalue weighted by molar-refractivity contribution is 0.0946. The molecule has 0 radical (unpaired) electrons. The number of amides is 1. The van der Waals surface area contributed by atoms with Crippen molar-refractivity contribution in [1.29, 1.82) is 0 Å². The molecular formula is C20H21N5O. The molecule has 1 amide bonds. The summed E-state index contributed by atoms with van der Waals surface area (Å²) in [6.45, 7) is 1.29. The summed E-state index contributed by atoms with van der Waals surface area (Å²) in [6.07, 6.45) is 9.69. The van der Waals surface area contributed by atoms with Crippen LogP contribution in [0, 0.1) is 0 Å². The van der Waals surface area contributed by atoms with Gasteiger partial charge in [0.05, 0.1) is 11.9 Å². The van der Waals surface area contributed by atoms with Gasteiger partial charge in [-0.25, -0.2) is 4.98 Å². The molecule has 0 fully saturated rings. The molecule has 3 heterocycles. The molecule has 0 unspecified atom stereocenters. The number of anilines is 1. The van der Waals surface area contributed by atoms with Crippen LogP contribution in [0.3, 0.4) is 0 Å². The van der Waals surface area contributed by atoms with Crippen LogP contribution in [0.15, 0.2) is 67.4 Å². The van der Waals surface area contributed by atoms with Crippen molar-refractivity contribution in [2.24, 2.45) is 0 Å². The molecule has 6 nitrogen and oxygen atoms in total. The van der Waals surface area contributed by atoms with Crippen molar-refractivity contribution in [3.63, 3.8) is 0 Å². The van der Waals surface area contributed by atoms with Crippen LogP contribution in [0.1, 0.15) is 21.6 Å². The van der Waals surface area contributed by atoms with E-state index >= 15 is 0 Å². The largest absolute Gasteiger partial charge is 0.373 e. The number of likely N-dealkylation sites (N-methyl/N-ethyl adjacent to an activating group) is 1. The highest BCUT2D eigenvalue weighted by Gasteiger charge is 2.08. The molecule has 0 aliphatic rings. The van der Waals surface area contributed by atoms with Crippen molar-refractivity contribution in [2.75, 3.05) is 18.5 Å². The zero-order chi connectivity index (χ0) is 18.2. The summed E-state index contributed by atoms with van der Waals surface area (Å²) in [5.41, 5.74) is 3.57. The van der Waals surface area contributed by atoms with Gasteiger partial charge in [0, 0.05) is 44.9 Å². The van der Waals surface area contributed by atoms with Gasteiger partial charge in [-0.05, 0) is 47.9 Å². The minimum absolute atomic E-state index is 0.195. The van der Waals surface area contributed by atoms with E-state index in [4.69, 9.17) is 0 Å². The monoisotopic (exact) mass is 347 g/mol. The maximum Gasteiger partial charge on any atom is 0.270 e. The minimum atomic E-state index is -0.195. The quantitative estimate of drug-likeness (QED) is 0.711. The summed E-state index contributed by atoms with van der Waals surface area (Å²) in [7, 11) is 2.01. The van der Waals surface area contributed by atoms with E-state index < -0.39 is 0 Å². The molecule has 0 aliphatic heterocycles. The number of hydrogen-bond donors (Lipinski definition) is 1. The number of nitrogens with one attached hydrogen (secondary N) is 1. The Labute approximate surface area is 153 Å². The molecule has 0 aromatic carbocycles. The first kappa shape index (κ1) is 17.5. The molecule has 1 N–H and O–H groups in total. The Kier molecular flexibility index (Phi) is 5.88. The number of carbonyl (C=O) groups excluding carboxylic acids is 1. The van der Waals surface area contributed by atoms with Crippen LogP contribution in [-0.2, 0) is 13.0 Å². The van der Waals surface area contributed by atoms with Gasteiger partial charge in [-0.1, -0.05) is 6.07 Å². The Morgan fingerprint density at radius 3 is 2.54 bits per heavy atom. The second kappa shape index (κ2) is 8.71. The first-order chi connectivity index (χ1) is 12.7. The lowest BCUT2D eigenvalue weighted by atomic mass is 10.2. The Balaban J connectivity index is 1.53. The molecule has 26 heavy (non-hydrogen) atoms. The average Bonchev–Trinajstić information content (AvgIpc) is 2.72. The molecule has 0 spiro atoms. The van der Waals surface area contributed by atoms with E-state index in [0.717, 1.165) is 24.2 Å². The number of nitrogens with zero attached hydrogens (tertiary/aromatic N) is 4. The molecule has 3 aromatic heterocycles. The predicted octanol–water partition coefficient (Wildman–Crippen LogP) is 2.48. The van der Waals surface area contributed by atoms with Crippen molar-refractivity contribution in [2.45, 2.75) is 13.0 Å². The van der Waals surface area contributed by atoms with E-state index in [2.05, 4.69) is 25.2 Å². The summed E-state index contributed by atoms with van der Waals surface area (Å²) < 4.78 is 0. The highest BCUT2D eigenvalue weighted by molar-refractivity contribution is 5.92. The predicted molar refractivity (Wildman–Crippen MR) is 101 cm³/mol. The molecule has 3 rings (SSSR count). The Morgan fingerprint density at radius 1 is 1.00 bits per heavy atom. The third-order valence-electron chi connectivity index (χ3n) is 4.08. The summed E-state index contributed by atoms with van der Waals surface area (Å²) in [5.74, 6) is -0.195. The first-order valence-corrected chi connectivity index (χ1v) is 8.45. The van der Waals surface area contributed by atoms with Gasteiger partial charge in [0.15, 0.2) is 0 Å². The van der Waals surface area contributed by atoms with Crippen molar-refractivity contribution in [1.82, 2.24) is 20.3 Å². The van der Waals surface area contributed by atoms with Crippen LogP contribution >= 0.6 is 0 Å². The topological polar surface area (TPSA) is 71.0 Å². The second-order valence-electron chi connectivity index (χ2n) is 5.97. The lowest BCUT2D eigenvalue weighted by Gasteiger charge is -2.19. The van der Waals surface area contributed by atoms with Crippen molar-refractivity contribution in [3.05, 3.63) is 84.2 Å². The van der Waals surface area contributed by atoms with Gasteiger partial charge in [0.2, 0.25) is 0 Å². The van der Waals surface area contributed by atoms with Crippen LogP contribution in [0.25, 0.3) is 0 Å². The van der Waals surface area contributed by atoms with Crippen LogP contribution in [0.4, 0.5) is 5.69 Å². The van der Waals surface area contributed by atoms with E-state index in [1.807, 2.05) is 37.4 Å². The molecule has 3 aromatic rings. The van der Waals surface area contributed by atoms with E-state index in [0.29, 0.717) is 12.2 Å². The van der Waals surface area contributed by atoms with Gasteiger partial charge in [0.1, 0.15) is 5.69 Å². The number of aromatic nitrogens is 3. The number of hydrogen-bond acceptors (Lipinski definition) is 5. The summed E-state index contributed by atoms with van der Waals surface area (Å²) in [4.78, 5) is 26.7. The van der Waals surface area contributed by atoms with Gasteiger partial charge in [-0.3, -0.25) is 14.8 Å². The maximum atomic E-state index is 12.2. The zero-order valence-corrected chi connectivity index (χ0v) is 14.7. The summed E-state index contributed by atoms with van der Waals surface area (Å²) in [6, 6.07) is 11.5. The Hall–Kier alpha value is -3.28. The van der Waals surface area contributed by atoms with Gasteiger partial charge >= 0.3 is 0 Å². The van der Waals surface area contributed by atoms with Crippen molar-refractivity contribution < 1.29 is 4.79 Å². The third kappa shape index (κ3) is 4.86. The first-order valence-electron chi connectivity index (χ1n) is 8.45. The van der Waals surface area contributed by atoms with E-state index in [1.165, 1.54) is 5.56 Å². The summed E-state index contributed by atoms with van der Waals surface area (Å²) in [5, 5.41) is 2.85. The minimum Gasteiger partial charge on any atom is -0.373 e. The molecule has 6 heteroatoms. The van der Waals surface area contributed by atoms with E-state index in [1.54, 1.807) is 37.1 Å². The fourth-order valence-electron chi connectivity index (χ4n) is 2.50. The van der Waals surface area contributed by atoms with E-state index in [-0.39, 0.29) is 5.91 Å². The zero-order valence-electron chi connectivity index (χ0n) is 14.7.